The highest BCUT2D eigenvalue weighted by Crippen LogP contribution is 2.38. The Kier molecular flexibility index (Phi) is 4.07. The third kappa shape index (κ3) is 3.07. The van der Waals surface area contributed by atoms with Crippen molar-refractivity contribution in [3.8, 4) is 0 Å². The molecule has 1 unspecified atom stereocenters. The van der Waals surface area contributed by atoms with Crippen LogP contribution in [0, 0.1) is 5.41 Å². The van der Waals surface area contributed by atoms with Gasteiger partial charge in [0.2, 0.25) is 10.0 Å². The molecule has 4 nitrogen and oxygen atoms in total. The maximum absolute atomic E-state index is 13.0. The smallest absolute Gasteiger partial charge is 0.330 e. The molecule has 0 spiro atoms. The van der Waals surface area contributed by atoms with Gasteiger partial charge in [-0.25, -0.2) is 8.42 Å². The lowest BCUT2D eigenvalue weighted by atomic mass is 9.90. The van der Waals surface area contributed by atoms with Crippen LogP contribution in [0.3, 0.4) is 0 Å². The predicted octanol–water partition coefficient (Wildman–Crippen LogP) is 2.06. The van der Waals surface area contributed by atoms with Crippen LogP contribution in [0.25, 0.3) is 0 Å². The summed E-state index contributed by atoms with van der Waals surface area (Å²) >= 11 is 0. The van der Waals surface area contributed by atoms with Crippen LogP contribution in [-0.2, 0) is 16.2 Å². The second-order valence-electron chi connectivity index (χ2n) is 5.60. The van der Waals surface area contributed by atoms with Crippen molar-refractivity contribution in [3.63, 3.8) is 0 Å². The van der Waals surface area contributed by atoms with Gasteiger partial charge in [-0.05, 0) is 30.5 Å². The zero-order valence-electron chi connectivity index (χ0n) is 11.5. The van der Waals surface area contributed by atoms with Gasteiger partial charge in [-0.1, -0.05) is 19.1 Å². The minimum atomic E-state index is -4.71. The molecule has 0 bridgehead atoms. The molecule has 0 aliphatic carbocycles. The lowest BCUT2D eigenvalue weighted by molar-refractivity contribution is -0.139. The monoisotopic (exact) mass is 322 g/mol. The molecule has 1 aromatic rings. The average molecular weight is 322 g/mol. The number of hydrogen-bond donors (Lipinski definition) is 1. The van der Waals surface area contributed by atoms with Crippen LogP contribution in [0.15, 0.2) is 29.2 Å². The zero-order valence-corrected chi connectivity index (χ0v) is 12.3. The lowest BCUT2D eigenvalue weighted by Crippen LogP contribution is -2.35. The SMILES string of the molecule is CC1(CN)CCN(S(=O)(=O)c2ccccc2C(F)(F)F)C1. The van der Waals surface area contributed by atoms with Gasteiger partial charge >= 0.3 is 6.18 Å². The van der Waals surface area contributed by atoms with Crippen LogP contribution in [0.1, 0.15) is 18.9 Å². The Bertz CT molecular complexity index is 631. The first-order chi connectivity index (χ1) is 9.60. The molecule has 0 saturated carbocycles. The van der Waals surface area contributed by atoms with Crippen molar-refractivity contribution in [1.29, 1.82) is 0 Å². The molecular weight excluding hydrogens is 305 g/mol. The van der Waals surface area contributed by atoms with E-state index in [0.717, 1.165) is 16.4 Å². The molecule has 1 saturated heterocycles. The molecule has 1 atom stereocenters. The van der Waals surface area contributed by atoms with Gasteiger partial charge in [0.25, 0.3) is 0 Å². The predicted molar refractivity (Wildman–Crippen MR) is 72.0 cm³/mol. The van der Waals surface area contributed by atoms with Gasteiger partial charge in [0.15, 0.2) is 0 Å². The van der Waals surface area contributed by atoms with Gasteiger partial charge in [-0.15, -0.1) is 0 Å². The highest BCUT2D eigenvalue weighted by molar-refractivity contribution is 7.89. The van der Waals surface area contributed by atoms with Crippen LogP contribution in [0.4, 0.5) is 13.2 Å². The first kappa shape index (κ1) is 16.3. The van der Waals surface area contributed by atoms with Crippen molar-refractivity contribution >= 4 is 10.0 Å². The first-order valence-electron chi connectivity index (χ1n) is 6.47. The van der Waals surface area contributed by atoms with E-state index >= 15 is 0 Å². The standard InChI is InChI=1S/C13H17F3N2O2S/c1-12(8-17)6-7-18(9-12)21(19,20)11-5-3-2-4-10(11)13(14,15)16/h2-5H,6-9,17H2,1H3. The second kappa shape index (κ2) is 5.26. The number of halogens is 3. The van der Waals surface area contributed by atoms with Crippen LogP contribution >= 0.6 is 0 Å². The van der Waals surface area contributed by atoms with E-state index in [2.05, 4.69) is 0 Å². The van der Waals surface area contributed by atoms with Crippen LogP contribution in [0.2, 0.25) is 0 Å². The van der Waals surface area contributed by atoms with E-state index in [9.17, 15) is 21.6 Å². The number of alkyl halides is 3. The third-order valence-electron chi connectivity index (χ3n) is 3.83. The molecule has 0 amide bonds. The Balaban J connectivity index is 2.43. The normalized spacial score (nSPS) is 24.4. The van der Waals surface area contributed by atoms with Crippen LogP contribution in [-0.4, -0.2) is 32.4 Å². The summed E-state index contributed by atoms with van der Waals surface area (Å²) < 4.78 is 65.0. The Hall–Kier alpha value is -1.12. The van der Waals surface area contributed by atoms with Gasteiger partial charge in [0.05, 0.1) is 10.5 Å². The van der Waals surface area contributed by atoms with Crippen molar-refractivity contribution < 1.29 is 21.6 Å². The van der Waals surface area contributed by atoms with Gasteiger partial charge < -0.3 is 5.73 Å². The number of rotatable bonds is 3. The molecule has 8 heteroatoms. The number of hydrogen-bond acceptors (Lipinski definition) is 3. The number of sulfonamides is 1. The molecule has 0 aromatic heterocycles. The first-order valence-corrected chi connectivity index (χ1v) is 7.91. The summed E-state index contributed by atoms with van der Waals surface area (Å²) in [6.07, 6.45) is -4.17. The highest BCUT2D eigenvalue weighted by Gasteiger charge is 2.43. The fourth-order valence-corrected chi connectivity index (χ4v) is 4.22. The highest BCUT2D eigenvalue weighted by atomic mass is 32.2. The van der Waals surface area contributed by atoms with E-state index in [1.54, 1.807) is 0 Å². The molecular formula is C13H17F3N2O2S. The molecule has 2 N–H and O–H groups in total. The summed E-state index contributed by atoms with van der Waals surface area (Å²) in [7, 11) is -4.18. The van der Waals surface area contributed by atoms with Crippen molar-refractivity contribution in [2.75, 3.05) is 19.6 Å². The van der Waals surface area contributed by atoms with Crippen molar-refractivity contribution in [2.45, 2.75) is 24.4 Å². The topological polar surface area (TPSA) is 63.4 Å². The third-order valence-corrected chi connectivity index (χ3v) is 5.73. The summed E-state index contributed by atoms with van der Waals surface area (Å²) in [5.74, 6) is 0. The molecule has 2 rings (SSSR count). The quantitative estimate of drug-likeness (QED) is 0.926. The second-order valence-corrected chi connectivity index (χ2v) is 7.50. The zero-order chi connectivity index (χ0) is 15.9. The molecule has 1 fully saturated rings. The molecule has 1 aliphatic rings. The van der Waals surface area contributed by atoms with Crippen LogP contribution < -0.4 is 5.73 Å². The molecule has 1 aromatic carbocycles. The Morgan fingerprint density at radius 1 is 1.33 bits per heavy atom. The molecule has 1 heterocycles. The largest absolute Gasteiger partial charge is 0.417 e. The van der Waals surface area contributed by atoms with E-state index in [1.807, 2.05) is 6.92 Å². The van der Waals surface area contributed by atoms with Gasteiger partial charge in [0, 0.05) is 13.1 Å². The average Bonchev–Trinajstić information content (AvgIpc) is 2.82. The van der Waals surface area contributed by atoms with Gasteiger partial charge in [-0.2, -0.15) is 17.5 Å². The van der Waals surface area contributed by atoms with E-state index in [-0.39, 0.29) is 18.5 Å². The van der Waals surface area contributed by atoms with E-state index in [4.69, 9.17) is 5.73 Å². The van der Waals surface area contributed by atoms with Crippen LogP contribution in [0.5, 0.6) is 0 Å². The van der Waals surface area contributed by atoms with Crippen molar-refractivity contribution in [3.05, 3.63) is 29.8 Å². The van der Waals surface area contributed by atoms with Crippen molar-refractivity contribution in [2.24, 2.45) is 11.1 Å². The Morgan fingerprint density at radius 3 is 2.48 bits per heavy atom. The minimum Gasteiger partial charge on any atom is -0.330 e. The number of benzene rings is 1. The number of nitrogens with zero attached hydrogens (tertiary/aromatic N) is 1. The Labute approximate surface area is 121 Å². The van der Waals surface area contributed by atoms with E-state index in [1.165, 1.54) is 12.1 Å². The number of nitrogens with two attached hydrogens (primary N) is 1. The summed E-state index contributed by atoms with van der Waals surface area (Å²) in [6.45, 7) is 2.44. The van der Waals surface area contributed by atoms with Gasteiger partial charge in [0.1, 0.15) is 0 Å². The lowest BCUT2D eigenvalue weighted by Gasteiger charge is -2.23. The van der Waals surface area contributed by atoms with Gasteiger partial charge in [-0.3, -0.25) is 0 Å². The summed E-state index contributed by atoms with van der Waals surface area (Å²) in [5, 5.41) is 0. The Morgan fingerprint density at radius 2 is 1.95 bits per heavy atom. The minimum absolute atomic E-state index is 0.137. The maximum atomic E-state index is 13.0. The fraction of sp³-hybridized carbons (Fsp3) is 0.538. The van der Waals surface area contributed by atoms with E-state index in [0.29, 0.717) is 13.0 Å². The summed E-state index contributed by atoms with van der Waals surface area (Å²) in [6, 6.07) is 4.25. The maximum Gasteiger partial charge on any atom is 0.417 e. The summed E-state index contributed by atoms with van der Waals surface area (Å²) in [4.78, 5) is -0.696. The molecule has 0 radical (unpaired) electrons. The van der Waals surface area contributed by atoms with Crippen molar-refractivity contribution in [1.82, 2.24) is 4.31 Å². The molecule has 21 heavy (non-hydrogen) atoms. The molecule has 118 valence electrons. The summed E-state index contributed by atoms with van der Waals surface area (Å²) in [5.41, 5.74) is 4.09. The van der Waals surface area contributed by atoms with E-state index < -0.39 is 26.7 Å². The fourth-order valence-electron chi connectivity index (χ4n) is 2.42. The molecule has 1 aliphatic heterocycles.